The average molecular weight is 316 g/mol. The van der Waals surface area contributed by atoms with Gasteiger partial charge in [-0.3, -0.25) is 4.79 Å². The number of hydrogen-bond acceptors (Lipinski definition) is 5. The summed E-state index contributed by atoms with van der Waals surface area (Å²) >= 11 is 0. The van der Waals surface area contributed by atoms with E-state index in [0.717, 1.165) is 29.4 Å². The van der Waals surface area contributed by atoms with Crippen LogP contribution in [0.3, 0.4) is 0 Å². The van der Waals surface area contributed by atoms with Crippen molar-refractivity contribution in [2.45, 2.75) is 26.2 Å². The third kappa shape index (κ3) is 2.51. The Morgan fingerprint density at radius 2 is 2.00 bits per heavy atom. The average Bonchev–Trinajstić information content (AvgIpc) is 2.52. The Morgan fingerprint density at radius 1 is 1.22 bits per heavy atom. The standard InChI is InChI=1S/C18H20O5/c1-10-7-12-16(14(8-10)23-9-21-2)17(20)15-11(18(12)22-3)5-4-6-13(15)19/h7-8,20H,4-6,9H2,1-3H3. The van der Waals surface area contributed by atoms with Gasteiger partial charge in [-0.1, -0.05) is 0 Å². The van der Waals surface area contributed by atoms with Crippen LogP contribution in [0.4, 0.5) is 0 Å². The van der Waals surface area contributed by atoms with Crippen molar-refractivity contribution >= 4 is 16.6 Å². The van der Waals surface area contributed by atoms with E-state index in [9.17, 15) is 9.90 Å². The lowest BCUT2D eigenvalue weighted by atomic mass is 9.86. The molecule has 0 aliphatic heterocycles. The minimum absolute atomic E-state index is 0.0217. The van der Waals surface area contributed by atoms with Crippen molar-refractivity contribution in [1.29, 1.82) is 0 Å². The van der Waals surface area contributed by atoms with Gasteiger partial charge in [-0.25, -0.2) is 0 Å². The van der Waals surface area contributed by atoms with Gasteiger partial charge in [0.25, 0.3) is 0 Å². The fourth-order valence-corrected chi connectivity index (χ4v) is 3.28. The van der Waals surface area contributed by atoms with Crippen molar-refractivity contribution < 1.29 is 24.1 Å². The molecule has 0 fully saturated rings. The lowest BCUT2D eigenvalue weighted by Gasteiger charge is -2.23. The van der Waals surface area contributed by atoms with E-state index in [4.69, 9.17) is 14.2 Å². The topological polar surface area (TPSA) is 65.0 Å². The van der Waals surface area contributed by atoms with Crippen molar-refractivity contribution in [2.75, 3.05) is 21.0 Å². The molecule has 5 nitrogen and oxygen atoms in total. The normalized spacial score (nSPS) is 14.0. The van der Waals surface area contributed by atoms with Crippen LogP contribution in [-0.4, -0.2) is 31.9 Å². The van der Waals surface area contributed by atoms with E-state index in [0.29, 0.717) is 28.9 Å². The van der Waals surface area contributed by atoms with Crippen LogP contribution in [0.25, 0.3) is 10.8 Å². The number of benzene rings is 2. The van der Waals surface area contributed by atoms with Gasteiger partial charge in [0.1, 0.15) is 17.2 Å². The SMILES string of the molecule is COCOc1cc(C)cc2c(OC)c3c(c(O)c12)C(=O)CCC3. The first-order chi connectivity index (χ1) is 11.1. The van der Waals surface area contributed by atoms with Crippen LogP contribution in [0, 0.1) is 6.92 Å². The summed E-state index contributed by atoms with van der Waals surface area (Å²) in [5, 5.41) is 12.0. The smallest absolute Gasteiger partial charge is 0.188 e. The molecule has 0 atom stereocenters. The molecule has 0 saturated carbocycles. The number of hydrogen-bond donors (Lipinski definition) is 1. The summed E-state index contributed by atoms with van der Waals surface area (Å²) in [6, 6.07) is 3.76. The van der Waals surface area contributed by atoms with Crippen LogP contribution >= 0.6 is 0 Å². The Bertz CT molecular complexity index is 779. The molecule has 5 heteroatoms. The van der Waals surface area contributed by atoms with Gasteiger partial charge >= 0.3 is 0 Å². The Hall–Kier alpha value is -2.27. The summed E-state index contributed by atoms with van der Waals surface area (Å²) in [5.41, 5.74) is 2.13. The summed E-state index contributed by atoms with van der Waals surface area (Å²) in [6.45, 7) is 2.01. The molecule has 0 saturated heterocycles. The number of carbonyl (C=O) groups is 1. The van der Waals surface area contributed by atoms with Crippen LogP contribution in [0.5, 0.6) is 17.2 Å². The quantitative estimate of drug-likeness (QED) is 0.876. The zero-order valence-corrected chi connectivity index (χ0v) is 13.6. The van der Waals surface area contributed by atoms with Crippen molar-refractivity contribution in [3.8, 4) is 17.2 Å². The minimum Gasteiger partial charge on any atom is -0.506 e. The monoisotopic (exact) mass is 316 g/mol. The first-order valence-electron chi connectivity index (χ1n) is 7.59. The minimum atomic E-state index is -0.0535. The molecule has 0 radical (unpaired) electrons. The van der Waals surface area contributed by atoms with Crippen molar-refractivity contribution in [3.05, 3.63) is 28.8 Å². The molecule has 1 N–H and O–H groups in total. The zero-order valence-electron chi connectivity index (χ0n) is 13.6. The van der Waals surface area contributed by atoms with Gasteiger partial charge in [0.2, 0.25) is 0 Å². The van der Waals surface area contributed by atoms with Crippen LogP contribution in [0.15, 0.2) is 12.1 Å². The Labute approximate surface area is 134 Å². The highest BCUT2D eigenvalue weighted by molar-refractivity contribution is 6.11. The van der Waals surface area contributed by atoms with Gasteiger partial charge in [-0.2, -0.15) is 0 Å². The highest BCUT2D eigenvalue weighted by Gasteiger charge is 2.29. The maximum Gasteiger partial charge on any atom is 0.188 e. The summed E-state index contributed by atoms with van der Waals surface area (Å²) in [5.74, 6) is 1.06. The third-order valence-electron chi connectivity index (χ3n) is 4.19. The van der Waals surface area contributed by atoms with Crippen molar-refractivity contribution in [3.63, 3.8) is 0 Å². The van der Waals surface area contributed by atoms with E-state index in [1.807, 2.05) is 19.1 Å². The van der Waals surface area contributed by atoms with E-state index in [-0.39, 0.29) is 18.3 Å². The number of phenolic OH excluding ortho intramolecular Hbond substituents is 1. The van der Waals surface area contributed by atoms with E-state index < -0.39 is 0 Å². The molecule has 2 aromatic carbocycles. The van der Waals surface area contributed by atoms with Gasteiger partial charge in [0.15, 0.2) is 12.6 Å². The number of aromatic hydroxyl groups is 1. The second-order valence-corrected chi connectivity index (χ2v) is 5.75. The highest BCUT2D eigenvalue weighted by atomic mass is 16.7. The molecule has 2 aromatic rings. The fourth-order valence-electron chi connectivity index (χ4n) is 3.28. The van der Waals surface area contributed by atoms with Crippen LogP contribution in [0.1, 0.15) is 34.3 Å². The molecule has 3 rings (SSSR count). The number of rotatable bonds is 4. The Balaban J connectivity index is 2.39. The molecule has 1 aliphatic rings. The summed E-state index contributed by atoms with van der Waals surface area (Å²) in [4.78, 5) is 12.3. The second kappa shape index (κ2) is 6.08. The highest BCUT2D eigenvalue weighted by Crippen LogP contribution is 2.47. The fraction of sp³-hybridized carbons (Fsp3) is 0.389. The second-order valence-electron chi connectivity index (χ2n) is 5.75. The van der Waals surface area contributed by atoms with E-state index in [2.05, 4.69) is 0 Å². The van der Waals surface area contributed by atoms with Crippen molar-refractivity contribution in [1.82, 2.24) is 0 Å². The van der Waals surface area contributed by atoms with E-state index in [1.54, 1.807) is 7.11 Å². The van der Waals surface area contributed by atoms with Gasteiger partial charge in [0.05, 0.1) is 18.1 Å². The molecule has 0 heterocycles. The number of Topliss-reactive ketones (excluding diaryl/α,β-unsaturated/α-hetero) is 1. The lowest BCUT2D eigenvalue weighted by molar-refractivity contribution is 0.0521. The zero-order chi connectivity index (χ0) is 16.6. The molecular formula is C18H20O5. The van der Waals surface area contributed by atoms with Crippen molar-refractivity contribution in [2.24, 2.45) is 0 Å². The molecular weight excluding hydrogens is 296 g/mol. The number of carbonyl (C=O) groups excluding carboxylic acids is 1. The molecule has 1 aliphatic carbocycles. The first kappa shape index (κ1) is 15.6. The van der Waals surface area contributed by atoms with E-state index in [1.165, 1.54) is 7.11 Å². The van der Waals surface area contributed by atoms with Crippen LogP contribution in [0.2, 0.25) is 0 Å². The predicted octanol–water partition coefficient (Wildman–Crippen LogP) is 3.36. The molecule has 0 spiro atoms. The maximum atomic E-state index is 12.3. The Kier molecular flexibility index (Phi) is 4.13. The first-order valence-corrected chi connectivity index (χ1v) is 7.59. The Morgan fingerprint density at radius 3 is 2.70 bits per heavy atom. The molecule has 122 valence electrons. The van der Waals surface area contributed by atoms with Gasteiger partial charge in [0, 0.05) is 24.5 Å². The molecule has 0 amide bonds. The molecule has 23 heavy (non-hydrogen) atoms. The lowest BCUT2D eigenvalue weighted by Crippen LogP contribution is -2.13. The van der Waals surface area contributed by atoms with Crippen LogP contribution < -0.4 is 9.47 Å². The van der Waals surface area contributed by atoms with Crippen LogP contribution in [-0.2, 0) is 11.2 Å². The van der Waals surface area contributed by atoms with E-state index >= 15 is 0 Å². The summed E-state index contributed by atoms with van der Waals surface area (Å²) in [6.07, 6.45) is 1.93. The molecule has 0 aromatic heterocycles. The number of fused-ring (bicyclic) bond motifs is 2. The third-order valence-corrected chi connectivity index (χ3v) is 4.19. The number of phenols is 1. The maximum absolute atomic E-state index is 12.3. The number of aryl methyl sites for hydroxylation is 1. The largest absolute Gasteiger partial charge is 0.506 e. The summed E-state index contributed by atoms with van der Waals surface area (Å²) in [7, 11) is 3.12. The van der Waals surface area contributed by atoms with Gasteiger partial charge < -0.3 is 19.3 Å². The number of ether oxygens (including phenoxy) is 3. The number of methoxy groups -OCH3 is 2. The van der Waals surface area contributed by atoms with Gasteiger partial charge in [-0.15, -0.1) is 0 Å². The summed E-state index contributed by atoms with van der Waals surface area (Å²) < 4.78 is 16.2. The predicted molar refractivity (Wildman–Crippen MR) is 86.7 cm³/mol. The number of ketones is 1. The molecule has 0 unspecified atom stereocenters. The molecule has 0 bridgehead atoms. The van der Waals surface area contributed by atoms with Gasteiger partial charge in [-0.05, 0) is 37.5 Å².